The van der Waals surface area contributed by atoms with E-state index in [0.717, 1.165) is 36.4 Å². The average molecular weight is 652 g/mol. The van der Waals surface area contributed by atoms with Gasteiger partial charge in [0.05, 0.1) is 0 Å². The van der Waals surface area contributed by atoms with Crippen LogP contribution in [0.15, 0.2) is 46.6 Å². The summed E-state index contributed by atoms with van der Waals surface area (Å²) < 4.78 is 3.62. The highest BCUT2D eigenvalue weighted by Crippen LogP contribution is 2.43. The minimum atomic E-state index is 0. The Morgan fingerprint density at radius 2 is 1.70 bits per heavy atom. The molecule has 4 aliphatic rings. The molecule has 0 saturated carbocycles. The molecule has 3 aliphatic carbocycles. The number of halogens is 1. The second kappa shape index (κ2) is 21.9. The fraction of sp³-hybridized carbons (Fsp3) is 0.758. The summed E-state index contributed by atoms with van der Waals surface area (Å²) in [5, 5.41) is 4.92. The minimum Gasteiger partial charge on any atom is -0.412 e. The Morgan fingerprint density at radius 1 is 1.00 bits per heavy atom. The average Bonchev–Trinajstić information content (AvgIpc) is 2.87. The van der Waals surface area contributed by atoms with Gasteiger partial charge in [-0.3, -0.25) is 4.72 Å². The van der Waals surface area contributed by atoms with Crippen molar-refractivity contribution < 1.29 is 27.4 Å². The number of rotatable bonds is 10. The van der Waals surface area contributed by atoms with Crippen molar-refractivity contribution in [3.05, 3.63) is 46.6 Å². The lowest BCUT2D eigenvalue weighted by Crippen LogP contribution is -2.53. The van der Waals surface area contributed by atoms with Crippen LogP contribution in [0.5, 0.6) is 0 Å². The van der Waals surface area contributed by atoms with Gasteiger partial charge >= 0.3 is 0 Å². The molecule has 10 heteroatoms. The zero-order valence-corrected chi connectivity index (χ0v) is 28.1. The third kappa shape index (κ3) is 13.3. The van der Waals surface area contributed by atoms with Crippen LogP contribution >= 0.6 is 23.5 Å². The molecule has 3 unspecified atom stereocenters. The molecule has 0 spiro atoms. The van der Waals surface area contributed by atoms with Crippen LogP contribution in [-0.2, 0) is 0 Å². The Balaban J connectivity index is -0.00000267. The van der Waals surface area contributed by atoms with E-state index in [4.69, 9.17) is 11.6 Å². The highest BCUT2D eigenvalue weighted by atomic mass is 35.5. The molecular weight excluding hydrogens is 586 g/mol. The van der Waals surface area contributed by atoms with Crippen LogP contribution in [0.25, 0.3) is 0 Å². The Bertz CT molecular complexity index is 896. The number of nitrogens with one attached hydrogen (secondary N) is 2. The summed E-state index contributed by atoms with van der Waals surface area (Å²) in [6.45, 7) is 14.4. The van der Waals surface area contributed by atoms with Crippen molar-refractivity contribution >= 4 is 23.5 Å². The molecule has 4 rings (SSSR count). The van der Waals surface area contributed by atoms with Gasteiger partial charge in [-0.05, 0) is 99.3 Å². The van der Waals surface area contributed by atoms with E-state index in [1.807, 2.05) is 0 Å². The zero-order valence-electron chi connectivity index (χ0n) is 26.6. The summed E-state index contributed by atoms with van der Waals surface area (Å²) >= 11 is 7.98. The predicted octanol–water partition coefficient (Wildman–Crippen LogP) is 4.23. The van der Waals surface area contributed by atoms with E-state index in [2.05, 4.69) is 79.3 Å². The van der Waals surface area contributed by atoms with Gasteiger partial charge in [0.25, 0.3) is 0 Å². The first-order valence-electron chi connectivity index (χ1n) is 14.9. The van der Waals surface area contributed by atoms with E-state index in [9.17, 15) is 0 Å². The van der Waals surface area contributed by atoms with Gasteiger partial charge in [0, 0.05) is 36.8 Å². The van der Waals surface area contributed by atoms with Gasteiger partial charge in [0.15, 0.2) is 0 Å². The van der Waals surface area contributed by atoms with Crippen molar-refractivity contribution in [3.63, 3.8) is 0 Å². The number of piperidine rings is 1. The normalized spacial score (nSPS) is 27.2. The summed E-state index contributed by atoms with van der Waals surface area (Å²) in [7, 11) is 0. The lowest BCUT2D eigenvalue weighted by molar-refractivity contribution is 0.0254. The maximum Gasteiger partial charge on any atom is 0.0363 e. The molecule has 0 radical (unpaired) electrons. The van der Waals surface area contributed by atoms with Crippen molar-refractivity contribution in [1.82, 2.24) is 14.9 Å². The van der Waals surface area contributed by atoms with Gasteiger partial charge in [-0.15, -0.1) is 0 Å². The Labute approximate surface area is 271 Å². The summed E-state index contributed by atoms with van der Waals surface area (Å²) in [5.41, 5.74) is 3.68. The fourth-order valence-corrected chi connectivity index (χ4v) is 8.08. The molecular formula is C33H66ClN3O5S. The number of hydrogen-bond donors (Lipinski definition) is 2. The van der Waals surface area contributed by atoms with Gasteiger partial charge in [-0.2, -0.15) is 0 Å². The molecule has 0 aromatic carbocycles. The predicted molar refractivity (Wildman–Crippen MR) is 189 cm³/mol. The molecule has 8 nitrogen and oxygen atoms in total. The molecule has 43 heavy (non-hydrogen) atoms. The van der Waals surface area contributed by atoms with Gasteiger partial charge in [0.2, 0.25) is 0 Å². The topological polar surface area (TPSA) is 185 Å². The van der Waals surface area contributed by atoms with Crippen molar-refractivity contribution in [2.75, 3.05) is 32.4 Å². The maximum atomic E-state index is 6.20. The SMILES string of the molecule is C.CSNC1CCC=C(C2CCC=C(CN[C@@H](CN3CC[C@H](C4C=CC(Cl)=CC4)C(C)(C)C3)C(C)C)C2)C1.O.O.O.O.O. The van der Waals surface area contributed by atoms with E-state index in [0.29, 0.717) is 29.3 Å². The van der Waals surface area contributed by atoms with Crippen LogP contribution < -0.4 is 10.0 Å². The van der Waals surface area contributed by atoms with Gasteiger partial charge in [0.1, 0.15) is 0 Å². The summed E-state index contributed by atoms with van der Waals surface area (Å²) in [6, 6.07) is 1.19. The van der Waals surface area contributed by atoms with Gasteiger partial charge in [-0.1, -0.05) is 94.1 Å². The van der Waals surface area contributed by atoms with Crippen molar-refractivity contribution in [1.29, 1.82) is 0 Å². The number of nitrogens with zero attached hydrogens (tertiary/aromatic N) is 1. The van der Waals surface area contributed by atoms with Gasteiger partial charge < -0.3 is 37.6 Å². The molecule has 1 fully saturated rings. The van der Waals surface area contributed by atoms with E-state index in [1.54, 1.807) is 23.1 Å². The zero-order chi connectivity index (χ0) is 26.4. The molecule has 0 bridgehead atoms. The van der Waals surface area contributed by atoms with Crippen LogP contribution in [0.2, 0.25) is 0 Å². The molecule has 0 aromatic rings. The molecule has 256 valence electrons. The molecule has 1 saturated heterocycles. The summed E-state index contributed by atoms with van der Waals surface area (Å²) in [6.07, 6.45) is 23.9. The van der Waals surface area contributed by atoms with Crippen LogP contribution in [0.1, 0.15) is 86.5 Å². The summed E-state index contributed by atoms with van der Waals surface area (Å²) in [4.78, 5) is 2.74. The number of allylic oxidation sites excluding steroid dienone is 6. The quantitative estimate of drug-likeness (QED) is 0.264. The second-order valence-electron chi connectivity index (χ2n) is 13.1. The van der Waals surface area contributed by atoms with E-state index < -0.39 is 0 Å². The highest BCUT2D eigenvalue weighted by molar-refractivity contribution is 7.96. The third-order valence-electron chi connectivity index (χ3n) is 9.52. The van der Waals surface area contributed by atoms with E-state index in [-0.39, 0.29) is 34.8 Å². The Morgan fingerprint density at radius 3 is 2.30 bits per heavy atom. The summed E-state index contributed by atoms with van der Waals surface area (Å²) in [5.74, 6) is 2.75. The second-order valence-corrected chi connectivity index (χ2v) is 14.2. The lowest BCUT2D eigenvalue weighted by atomic mass is 9.66. The molecule has 0 amide bonds. The van der Waals surface area contributed by atoms with Crippen LogP contribution in [0.3, 0.4) is 0 Å². The number of hydrogen-bond acceptors (Lipinski definition) is 4. The van der Waals surface area contributed by atoms with E-state index in [1.165, 1.54) is 58.0 Å². The third-order valence-corrected chi connectivity index (χ3v) is 10.4. The Kier molecular flexibility index (Phi) is 23.8. The fourth-order valence-electron chi connectivity index (χ4n) is 7.39. The molecule has 12 N–H and O–H groups in total. The van der Waals surface area contributed by atoms with E-state index >= 15 is 0 Å². The number of likely N-dealkylation sites (tertiary alicyclic amines) is 1. The monoisotopic (exact) mass is 651 g/mol. The Hall–Kier alpha value is -0.720. The molecule has 5 atom stereocenters. The standard InChI is InChI=1S/C32H52ClN3S.CH4.5H2O/c1-23(2)31(21-36-17-16-30(32(3,4)22-36)25-12-14-28(33)15-13-25)34-20-24-8-6-9-26(18-24)27-10-7-11-29(19-27)35-37-5;;;;;;/h8,10,12,14-15,23,25-26,29-31,34-35H,6-7,9,11,13,16-22H2,1-5H3;1H4;5*1H2/t25?,26?,29?,30-,31+;;;;;;/m1....../s1. The first-order chi connectivity index (χ1) is 17.7. The minimum absolute atomic E-state index is 0. The van der Waals surface area contributed by atoms with Crippen LogP contribution in [0.4, 0.5) is 0 Å². The highest BCUT2D eigenvalue weighted by Gasteiger charge is 2.40. The van der Waals surface area contributed by atoms with Crippen molar-refractivity contribution in [2.24, 2.45) is 29.1 Å². The smallest absolute Gasteiger partial charge is 0.0363 e. The van der Waals surface area contributed by atoms with Crippen molar-refractivity contribution in [3.8, 4) is 0 Å². The van der Waals surface area contributed by atoms with Gasteiger partial charge in [-0.25, -0.2) is 0 Å². The molecule has 1 heterocycles. The molecule has 0 aromatic heterocycles. The van der Waals surface area contributed by atoms with Crippen LogP contribution in [-0.4, -0.2) is 76.8 Å². The first kappa shape index (κ1) is 46.7. The van der Waals surface area contributed by atoms with Crippen LogP contribution in [0, 0.1) is 29.1 Å². The van der Waals surface area contributed by atoms with Crippen molar-refractivity contribution in [2.45, 2.75) is 98.6 Å². The first-order valence-corrected chi connectivity index (χ1v) is 16.5. The maximum absolute atomic E-state index is 6.20. The largest absolute Gasteiger partial charge is 0.412 e. The lowest BCUT2D eigenvalue weighted by Gasteiger charge is -2.48. The molecule has 1 aliphatic heterocycles.